The Morgan fingerprint density at radius 3 is 2.70 bits per heavy atom. The molecule has 4 rings (SSSR count). The van der Waals surface area contributed by atoms with Gasteiger partial charge in [0.25, 0.3) is 6.43 Å². The first-order valence-corrected chi connectivity index (χ1v) is 16.0. The Hall–Kier alpha value is -3.12. The summed E-state index contributed by atoms with van der Waals surface area (Å²) in [6.45, 7) is 7.89. The topological polar surface area (TPSA) is 86.0 Å². The lowest BCUT2D eigenvalue weighted by Crippen LogP contribution is -2.43. The van der Waals surface area contributed by atoms with Crippen LogP contribution in [0.4, 0.5) is 19.1 Å². The van der Waals surface area contributed by atoms with Gasteiger partial charge in [-0.05, 0) is 43.0 Å². The number of hydrogen-bond acceptors (Lipinski definition) is 6. The maximum Gasteiger partial charge on any atom is 0.264 e. The number of alkyl halides is 2. The van der Waals surface area contributed by atoms with Crippen molar-refractivity contribution in [2.75, 3.05) is 18.1 Å². The Morgan fingerprint density at radius 1 is 1.19 bits per heavy atom. The van der Waals surface area contributed by atoms with Crippen molar-refractivity contribution in [1.82, 2.24) is 25.0 Å². The minimum absolute atomic E-state index is 0.0945. The second kappa shape index (κ2) is 11.5. The molecule has 1 saturated heterocycles. The van der Waals surface area contributed by atoms with E-state index >= 15 is 0 Å². The van der Waals surface area contributed by atoms with Crippen LogP contribution < -0.4 is 4.90 Å². The molecular weight excluding hydrogens is 501 g/mol. The molecule has 8 nitrogen and oxygen atoms in total. The van der Waals surface area contributed by atoms with Crippen molar-refractivity contribution in [3.8, 4) is 11.4 Å². The molecule has 1 unspecified atom stereocenters. The fourth-order valence-electron chi connectivity index (χ4n) is 4.25. The molecule has 199 valence electrons. The molecule has 1 aliphatic rings. The summed E-state index contributed by atoms with van der Waals surface area (Å²) in [5, 5.41) is 12.2. The van der Waals surface area contributed by atoms with E-state index in [9.17, 15) is 18.0 Å². The minimum Gasteiger partial charge on any atom is -0.362 e. The van der Waals surface area contributed by atoms with Crippen molar-refractivity contribution in [1.29, 1.82) is 0 Å². The summed E-state index contributed by atoms with van der Waals surface area (Å²) in [6, 6.07) is 6.04. The van der Waals surface area contributed by atoms with Gasteiger partial charge in [0.1, 0.15) is 12.5 Å². The number of aromatic nitrogens is 5. The number of hydrogen-bond donors (Lipinski definition) is 0. The van der Waals surface area contributed by atoms with Gasteiger partial charge in [-0.3, -0.25) is 9.69 Å². The van der Waals surface area contributed by atoms with Gasteiger partial charge in [-0.25, -0.2) is 17.9 Å². The molecule has 0 saturated carbocycles. The van der Waals surface area contributed by atoms with E-state index in [0.29, 0.717) is 43.3 Å². The van der Waals surface area contributed by atoms with Crippen LogP contribution in [0.5, 0.6) is 0 Å². The average Bonchev–Trinajstić information content (AvgIpc) is 3.28. The summed E-state index contributed by atoms with van der Waals surface area (Å²) in [4.78, 5) is 19.7. The molecule has 1 amide bonds. The highest BCUT2D eigenvalue weighted by atomic mass is 28.3. The molecule has 0 spiro atoms. The van der Waals surface area contributed by atoms with Crippen LogP contribution in [0.25, 0.3) is 11.4 Å². The van der Waals surface area contributed by atoms with Gasteiger partial charge in [-0.2, -0.15) is 34.8 Å². The normalized spacial score (nSPS) is 16.6. The van der Waals surface area contributed by atoms with E-state index in [-0.39, 0.29) is 30.2 Å². The first kappa shape index (κ1) is 26.9. The van der Waals surface area contributed by atoms with Gasteiger partial charge in [0, 0.05) is 30.2 Å². The lowest BCUT2D eigenvalue weighted by atomic mass is 9.88. The fraction of sp³-hybridized carbons (Fsp3) is 0.480. The Bertz CT molecular complexity index is 1220. The predicted octanol–water partition coefficient (Wildman–Crippen LogP) is 5.11. The number of ether oxygens (including phenoxy) is 1. The van der Waals surface area contributed by atoms with Crippen LogP contribution in [-0.2, 0) is 22.7 Å². The molecule has 1 aliphatic heterocycles. The smallest absolute Gasteiger partial charge is 0.264 e. The molecule has 1 fully saturated rings. The average molecular weight is 533 g/mol. The lowest BCUT2D eigenvalue weighted by molar-refractivity contribution is -0.123. The number of carbonyl (C=O) groups excluding carboxylic acids is 1. The van der Waals surface area contributed by atoms with Crippen molar-refractivity contribution >= 4 is 19.9 Å². The molecule has 12 heteroatoms. The molecule has 2 aromatic heterocycles. The molecule has 1 aromatic carbocycles. The SMILES string of the molecule is C[Si-](C)(C)CCOCn1nc(-c2ccnnc2)nc1N1CCCC(Cc2ccc(F)cc2C(F)F)C1=O. The Labute approximate surface area is 214 Å². The molecule has 1 atom stereocenters. The lowest BCUT2D eigenvalue weighted by Gasteiger charge is -2.32. The summed E-state index contributed by atoms with van der Waals surface area (Å²) >= 11 is 0. The van der Waals surface area contributed by atoms with Crippen LogP contribution in [0.15, 0.2) is 36.7 Å². The summed E-state index contributed by atoms with van der Waals surface area (Å²) in [5.41, 5.74) is 0.540. The zero-order chi connectivity index (χ0) is 26.6. The van der Waals surface area contributed by atoms with Crippen molar-refractivity contribution in [3.63, 3.8) is 0 Å². The highest BCUT2D eigenvalue weighted by Crippen LogP contribution is 2.31. The van der Waals surface area contributed by atoms with Crippen molar-refractivity contribution in [2.45, 2.75) is 58.1 Å². The molecule has 0 bridgehead atoms. The number of piperidine rings is 1. The number of benzene rings is 1. The van der Waals surface area contributed by atoms with Gasteiger partial charge >= 0.3 is 0 Å². The van der Waals surface area contributed by atoms with E-state index in [1.54, 1.807) is 15.6 Å². The summed E-state index contributed by atoms with van der Waals surface area (Å²) in [6.07, 6.45) is 1.54. The van der Waals surface area contributed by atoms with Crippen molar-refractivity contribution in [2.24, 2.45) is 5.92 Å². The number of halogens is 3. The number of amides is 1. The van der Waals surface area contributed by atoms with E-state index in [0.717, 1.165) is 18.2 Å². The molecule has 3 heterocycles. The Morgan fingerprint density at radius 2 is 2.00 bits per heavy atom. The first-order chi connectivity index (χ1) is 17.6. The molecular formula is C25H31F3N6O2Si-. The summed E-state index contributed by atoms with van der Waals surface area (Å²) in [5.74, 6) is -0.780. The van der Waals surface area contributed by atoms with Crippen molar-refractivity contribution in [3.05, 3.63) is 53.6 Å². The van der Waals surface area contributed by atoms with Gasteiger partial charge in [-0.15, -0.1) is 19.2 Å². The third-order valence-corrected chi connectivity index (χ3v) is 8.01. The molecule has 3 aromatic rings. The van der Waals surface area contributed by atoms with Crippen molar-refractivity contribution < 1.29 is 22.7 Å². The van der Waals surface area contributed by atoms with Crippen LogP contribution in [0.3, 0.4) is 0 Å². The fourth-order valence-corrected chi connectivity index (χ4v) is 5.01. The van der Waals surface area contributed by atoms with E-state index in [4.69, 9.17) is 4.74 Å². The maximum atomic E-state index is 13.6. The standard InChI is InChI=1S/C25H31F3N6O2Si/c1-37(2,3)12-11-36-16-34-25(31-23(32-34)19-8-9-29-30-15-19)33-10-4-5-18(24(33)35)13-17-6-7-20(26)14-21(17)22(27)28/h6-9,14-15,18,22H,4-5,10-13,16H2,1-3H3/q-1. The second-order valence-corrected chi connectivity index (χ2v) is 16.0. The third-order valence-electron chi connectivity index (χ3n) is 6.30. The zero-order valence-electron chi connectivity index (χ0n) is 21.2. The van der Waals surface area contributed by atoms with Gasteiger partial charge in [0.2, 0.25) is 11.9 Å². The van der Waals surface area contributed by atoms with Crippen LogP contribution in [0.2, 0.25) is 25.7 Å². The first-order valence-electron chi connectivity index (χ1n) is 12.3. The molecule has 0 N–H and O–H groups in total. The van der Waals surface area contributed by atoms with Crippen LogP contribution in [0, 0.1) is 11.7 Å². The predicted molar refractivity (Wildman–Crippen MR) is 135 cm³/mol. The van der Waals surface area contributed by atoms with E-state index in [2.05, 4.69) is 39.9 Å². The largest absolute Gasteiger partial charge is 0.362 e. The van der Waals surface area contributed by atoms with Crippen LogP contribution in [0.1, 0.15) is 30.4 Å². The zero-order valence-corrected chi connectivity index (χ0v) is 22.2. The molecule has 0 radical (unpaired) electrons. The highest BCUT2D eigenvalue weighted by molar-refractivity contribution is 6.76. The van der Waals surface area contributed by atoms with E-state index in [1.807, 2.05) is 0 Å². The van der Waals surface area contributed by atoms with Crippen LogP contribution >= 0.6 is 0 Å². The van der Waals surface area contributed by atoms with Gasteiger partial charge in [-0.1, -0.05) is 6.07 Å². The number of rotatable bonds is 10. The third kappa shape index (κ3) is 6.80. The van der Waals surface area contributed by atoms with E-state index < -0.39 is 26.2 Å². The number of nitrogens with zero attached hydrogens (tertiary/aromatic N) is 6. The van der Waals surface area contributed by atoms with E-state index in [1.165, 1.54) is 18.5 Å². The molecule has 0 aliphatic carbocycles. The summed E-state index contributed by atoms with van der Waals surface area (Å²) < 4.78 is 48.1. The number of carbonyl (C=O) groups is 1. The Kier molecular flexibility index (Phi) is 8.38. The quantitative estimate of drug-likeness (QED) is 0.266. The Balaban J connectivity index is 1.58. The van der Waals surface area contributed by atoms with Gasteiger partial charge in [0.15, 0.2) is 5.82 Å². The van der Waals surface area contributed by atoms with Gasteiger partial charge in [0.05, 0.1) is 12.4 Å². The molecule has 37 heavy (non-hydrogen) atoms. The monoisotopic (exact) mass is 532 g/mol. The second-order valence-electron chi connectivity index (χ2n) is 10.4. The summed E-state index contributed by atoms with van der Waals surface area (Å²) in [7, 11) is -1.29. The number of anilines is 1. The van der Waals surface area contributed by atoms with Crippen LogP contribution in [-0.4, -0.2) is 52.1 Å². The van der Waals surface area contributed by atoms with Gasteiger partial charge < -0.3 is 4.74 Å². The minimum atomic E-state index is -2.83. The highest BCUT2D eigenvalue weighted by Gasteiger charge is 2.34. The maximum absolute atomic E-state index is 13.6.